The number of rotatable bonds is 9. The number of halogens is 1. The van der Waals surface area contributed by atoms with Gasteiger partial charge in [-0.25, -0.2) is 13.1 Å². The van der Waals surface area contributed by atoms with E-state index in [1.807, 2.05) is 13.0 Å². The Hall–Kier alpha value is -0.470. The van der Waals surface area contributed by atoms with Gasteiger partial charge in [0.15, 0.2) is 0 Å². The molecular weight excluding hydrogens is 356 g/mol. The summed E-state index contributed by atoms with van der Waals surface area (Å²) in [7, 11) is -2.00. The molecule has 1 aromatic rings. The molecule has 0 heterocycles. The molecule has 1 unspecified atom stereocenters. The first-order valence-corrected chi connectivity index (χ1v) is 9.20. The first-order valence-electron chi connectivity index (χ1n) is 6.92. The van der Waals surface area contributed by atoms with E-state index in [9.17, 15) is 8.42 Å². The average Bonchev–Trinajstić information content (AvgIpc) is 2.46. The standard InChI is InChI=1S/C14H23BrN2O3S/c1-4-7-16-10-12-5-6-13(15)14(8-12)21(18,19)17-9-11(2)20-3/h5-6,8,11,16-17H,4,7,9-10H2,1-3H3. The van der Waals surface area contributed by atoms with Crippen LogP contribution in [0, 0.1) is 0 Å². The first kappa shape index (κ1) is 18.6. The monoisotopic (exact) mass is 378 g/mol. The molecule has 0 amide bonds. The van der Waals surface area contributed by atoms with Crippen LogP contribution >= 0.6 is 15.9 Å². The fourth-order valence-electron chi connectivity index (χ4n) is 1.66. The van der Waals surface area contributed by atoms with Gasteiger partial charge < -0.3 is 10.1 Å². The van der Waals surface area contributed by atoms with Gasteiger partial charge in [0, 0.05) is 24.7 Å². The van der Waals surface area contributed by atoms with Crippen molar-refractivity contribution in [1.29, 1.82) is 0 Å². The van der Waals surface area contributed by atoms with Crippen LogP contribution in [-0.4, -0.2) is 34.7 Å². The molecule has 0 bridgehead atoms. The van der Waals surface area contributed by atoms with Gasteiger partial charge in [0.2, 0.25) is 10.0 Å². The predicted octanol–water partition coefficient (Wildman–Crippen LogP) is 2.26. The second-order valence-corrected chi connectivity index (χ2v) is 7.43. The molecule has 0 aliphatic carbocycles. The molecule has 0 aromatic heterocycles. The van der Waals surface area contributed by atoms with Crippen molar-refractivity contribution in [2.75, 3.05) is 20.2 Å². The third kappa shape index (κ3) is 6.04. The van der Waals surface area contributed by atoms with Crippen LogP contribution < -0.4 is 10.0 Å². The normalized spacial score (nSPS) is 13.3. The lowest BCUT2D eigenvalue weighted by atomic mass is 10.2. The zero-order chi connectivity index (χ0) is 15.9. The van der Waals surface area contributed by atoms with Crippen molar-refractivity contribution < 1.29 is 13.2 Å². The molecule has 120 valence electrons. The molecular formula is C14H23BrN2O3S. The molecule has 0 aliphatic heterocycles. The summed E-state index contributed by atoms with van der Waals surface area (Å²) in [6.45, 7) is 5.69. The number of nitrogens with one attached hydrogen (secondary N) is 2. The van der Waals surface area contributed by atoms with Crippen LogP contribution in [0.3, 0.4) is 0 Å². The van der Waals surface area contributed by atoms with E-state index in [2.05, 4.69) is 32.9 Å². The van der Waals surface area contributed by atoms with E-state index in [1.54, 1.807) is 19.2 Å². The molecule has 0 radical (unpaired) electrons. The van der Waals surface area contributed by atoms with Crippen LogP contribution in [0.5, 0.6) is 0 Å². The number of hydrogen-bond acceptors (Lipinski definition) is 4. The second-order valence-electron chi connectivity index (χ2n) is 4.84. The Morgan fingerprint density at radius 2 is 2.10 bits per heavy atom. The lowest BCUT2D eigenvalue weighted by molar-refractivity contribution is 0.122. The highest BCUT2D eigenvalue weighted by Crippen LogP contribution is 2.23. The number of benzene rings is 1. The summed E-state index contributed by atoms with van der Waals surface area (Å²) in [6.07, 6.45) is 0.867. The number of hydrogen-bond donors (Lipinski definition) is 2. The maximum atomic E-state index is 12.3. The van der Waals surface area contributed by atoms with Crippen molar-refractivity contribution in [2.45, 2.75) is 37.8 Å². The zero-order valence-electron chi connectivity index (χ0n) is 12.6. The summed E-state index contributed by atoms with van der Waals surface area (Å²) < 4.78 is 32.8. The Kier molecular flexibility index (Phi) is 7.83. The van der Waals surface area contributed by atoms with Gasteiger partial charge in [0.1, 0.15) is 0 Å². The number of methoxy groups -OCH3 is 1. The molecule has 1 aromatic carbocycles. The van der Waals surface area contributed by atoms with Gasteiger partial charge in [-0.15, -0.1) is 0 Å². The highest BCUT2D eigenvalue weighted by atomic mass is 79.9. The smallest absolute Gasteiger partial charge is 0.241 e. The van der Waals surface area contributed by atoms with Crippen molar-refractivity contribution in [1.82, 2.24) is 10.0 Å². The second kappa shape index (κ2) is 8.85. The lowest BCUT2D eigenvalue weighted by Gasteiger charge is -2.13. The molecule has 1 atom stereocenters. The topological polar surface area (TPSA) is 67.4 Å². The Bertz CT molecular complexity index is 549. The van der Waals surface area contributed by atoms with Crippen LogP contribution in [0.4, 0.5) is 0 Å². The quantitative estimate of drug-likeness (QED) is 0.646. The van der Waals surface area contributed by atoms with Gasteiger partial charge in [-0.05, 0) is 53.5 Å². The third-order valence-corrected chi connectivity index (χ3v) is 5.42. The van der Waals surface area contributed by atoms with Gasteiger partial charge in [-0.2, -0.15) is 0 Å². The summed E-state index contributed by atoms with van der Waals surface area (Å²) in [5.41, 5.74) is 0.937. The van der Waals surface area contributed by atoms with E-state index in [0.29, 0.717) is 11.0 Å². The zero-order valence-corrected chi connectivity index (χ0v) is 15.1. The average molecular weight is 379 g/mol. The molecule has 0 saturated heterocycles. The fourth-order valence-corrected chi connectivity index (χ4v) is 3.79. The Balaban J connectivity index is 2.86. The Morgan fingerprint density at radius 3 is 2.71 bits per heavy atom. The molecule has 7 heteroatoms. The van der Waals surface area contributed by atoms with Crippen molar-refractivity contribution in [3.8, 4) is 0 Å². The van der Waals surface area contributed by atoms with Crippen molar-refractivity contribution >= 4 is 26.0 Å². The highest BCUT2D eigenvalue weighted by Gasteiger charge is 2.18. The molecule has 2 N–H and O–H groups in total. The number of ether oxygens (including phenoxy) is 1. The van der Waals surface area contributed by atoms with Crippen molar-refractivity contribution in [2.24, 2.45) is 0 Å². The van der Waals surface area contributed by atoms with Crippen LogP contribution in [-0.2, 0) is 21.3 Å². The fraction of sp³-hybridized carbons (Fsp3) is 0.571. The molecule has 0 aliphatic rings. The lowest BCUT2D eigenvalue weighted by Crippen LogP contribution is -2.32. The Morgan fingerprint density at radius 1 is 1.38 bits per heavy atom. The molecule has 5 nitrogen and oxygen atoms in total. The molecule has 0 fully saturated rings. The van der Waals surface area contributed by atoms with Gasteiger partial charge in [0.05, 0.1) is 11.0 Å². The molecule has 0 saturated carbocycles. The minimum Gasteiger partial charge on any atom is -0.380 e. The molecule has 21 heavy (non-hydrogen) atoms. The van der Waals surface area contributed by atoms with Crippen LogP contribution in [0.15, 0.2) is 27.6 Å². The molecule has 1 rings (SSSR count). The highest BCUT2D eigenvalue weighted by molar-refractivity contribution is 9.10. The summed E-state index contributed by atoms with van der Waals surface area (Å²) in [5.74, 6) is 0. The maximum absolute atomic E-state index is 12.3. The van der Waals surface area contributed by atoms with E-state index >= 15 is 0 Å². The van der Waals surface area contributed by atoms with E-state index in [-0.39, 0.29) is 17.5 Å². The van der Waals surface area contributed by atoms with E-state index in [4.69, 9.17) is 4.74 Å². The minimum atomic E-state index is -3.55. The predicted molar refractivity (Wildman–Crippen MR) is 87.8 cm³/mol. The Labute approximate surface area is 135 Å². The van der Waals surface area contributed by atoms with Gasteiger partial charge >= 0.3 is 0 Å². The largest absolute Gasteiger partial charge is 0.380 e. The van der Waals surface area contributed by atoms with E-state index < -0.39 is 10.0 Å². The summed E-state index contributed by atoms with van der Waals surface area (Å²) >= 11 is 3.30. The van der Waals surface area contributed by atoms with E-state index in [1.165, 1.54) is 0 Å². The number of sulfonamides is 1. The SMILES string of the molecule is CCCNCc1ccc(Br)c(S(=O)(=O)NCC(C)OC)c1. The van der Waals surface area contributed by atoms with Crippen LogP contribution in [0.25, 0.3) is 0 Å². The van der Waals surface area contributed by atoms with Crippen LogP contribution in [0.2, 0.25) is 0 Å². The van der Waals surface area contributed by atoms with Gasteiger partial charge in [0.25, 0.3) is 0 Å². The summed E-state index contributed by atoms with van der Waals surface area (Å²) in [6, 6.07) is 5.35. The van der Waals surface area contributed by atoms with Crippen molar-refractivity contribution in [3.63, 3.8) is 0 Å². The van der Waals surface area contributed by atoms with Gasteiger partial charge in [-0.1, -0.05) is 13.0 Å². The van der Waals surface area contributed by atoms with E-state index in [0.717, 1.165) is 18.5 Å². The van der Waals surface area contributed by atoms with Crippen molar-refractivity contribution in [3.05, 3.63) is 28.2 Å². The minimum absolute atomic E-state index is 0.173. The third-order valence-electron chi connectivity index (χ3n) is 3.00. The first-order chi connectivity index (χ1) is 9.90. The summed E-state index contributed by atoms with van der Waals surface area (Å²) in [5, 5.41) is 3.26. The van der Waals surface area contributed by atoms with Crippen LogP contribution in [0.1, 0.15) is 25.8 Å². The maximum Gasteiger partial charge on any atom is 0.241 e. The summed E-state index contributed by atoms with van der Waals surface area (Å²) in [4.78, 5) is 0.251. The van der Waals surface area contributed by atoms with Gasteiger partial charge in [-0.3, -0.25) is 0 Å². The molecule has 0 spiro atoms.